The van der Waals surface area contributed by atoms with E-state index < -0.39 is 11.8 Å². The number of fused-ring (bicyclic) bond motifs is 2. The van der Waals surface area contributed by atoms with Crippen molar-refractivity contribution in [3.05, 3.63) is 71.5 Å². The Morgan fingerprint density at radius 2 is 1.83 bits per heavy atom. The van der Waals surface area contributed by atoms with Crippen LogP contribution in [0.4, 0.5) is 5.82 Å². The molecule has 0 radical (unpaired) electrons. The van der Waals surface area contributed by atoms with E-state index in [0.717, 1.165) is 5.22 Å². The standard InChI is InChI=1S/C22H15N5O3/c28-20-6-3-10-23-21(29)13-30-16-7-8-19-17(12-16)22(26-14-25-19)27-18-5-2-1-4-15(18)9-11-24-20/h1-12,14H,13H2/b6-3-,15-9-,23-10?,24-11?,27-18?. The van der Waals surface area contributed by atoms with Crippen molar-refractivity contribution < 1.29 is 14.3 Å². The minimum absolute atomic E-state index is 0.250. The van der Waals surface area contributed by atoms with Crippen LogP contribution in [0.15, 0.2) is 75.9 Å². The first-order chi connectivity index (χ1) is 14.7. The molecule has 2 heterocycles. The lowest BCUT2D eigenvalue weighted by Gasteiger charge is -2.06. The van der Waals surface area contributed by atoms with Gasteiger partial charge in [0.15, 0.2) is 12.4 Å². The van der Waals surface area contributed by atoms with Crippen LogP contribution in [0.5, 0.6) is 5.75 Å². The maximum atomic E-state index is 11.8. The molecule has 0 saturated carbocycles. The van der Waals surface area contributed by atoms with E-state index in [0.29, 0.717) is 27.8 Å². The Hall–Kier alpha value is -4.33. The van der Waals surface area contributed by atoms with E-state index >= 15 is 0 Å². The van der Waals surface area contributed by atoms with E-state index in [4.69, 9.17) is 4.74 Å². The van der Waals surface area contributed by atoms with Gasteiger partial charge in [-0.2, -0.15) is 0 Å². The van der Waals surface area contributed by atoms with E-state index in [2.05, 4.69) is 24.9 Å². The first kappa shape index (κ1) is 19.0. The molecule has 0 aliphatic carbocycles. The van der Waals surface area contributed by atoms with Crippen molar-refractivity contribution in [2.75, 3.05) is 6.61 Å². The number of carbonyl (C=O) groups is 2. The average Bonchev–Trinajstić information content (AvgIpc) is 2.76. The van der Waals surface area contributed by atoms with Crippen molar-refractivity contribution in [1.82, 2.24) is 9.97 Å². The van der Waals surface area contributed by atoms with Gasteiger partial charge in [0.05, 0.1) is 10.9 Å². The molecule has 1 aliphatic rings. The first-order valence-electron chi connectivity index (χ1n) is 9.02. The number of ether oxygens (including phenoxy) is 1. The highest BCUT2D eigenvalue weighted by molar-refractivity contribution is 6.03. The van der Waals surface area contributed by atoms with Gasteiger partial charge >= 0.3 is 0 Å². The van der Waals surface area contributed by atoms with Crippen LogP contribution in [0.25, 0.3) is 17.0 Å². The van der Waals surface area contributed by atoms with Crippen molar-refractivity contribution >= 4 is 47.0 Å². The Bertz CT molecular complexity index is 1340. The molecule has 8 heteroatoms. The third-order valence-corrected chi connectivity index (χ3v) is 4.11. The van der Waals surface area contributed by atoms with E-state index in [-0.39, 0.29) is 6.61 Å². The van der Waals surface area contributed by atoms with Crippen LogP contribution >= 0.6 is 0 Å². The van der Waals surface area contributed by atoms with E-state index in [1.54, 1.807) is 24.3 Å². The summed E-state index contributed by atoms with van der Waals surface area (Å²) in [6.07, 6.45) is 8.31. The highest BCUT2D eigenvalue weighted by Gasteiger charge is 2.06. The number of rotatable bonds is 0. The number of hydrogen-bond donors (Lipinski definition) is 0. The third kappa shape index (κ3) is 4.56. The van der Waals surface area contributed by atoms with Crippen LogP contribution in [0.2, 0.25) is 0 Å². The monoisotopic (exact) mass is 397 g/mol. The van der Waals surface area contributed by atoms with Crippen LogP contribution in [-0.2, 0) is 9.59 Å². The average molecular weight is 397 g/mol. The minimum atomic E-state index is -0.492. The molecule has 0 atom stereocenters. The Balaban J connectivity index is 1.90. The number of benzene rings is 2. The lowest BCUT2D eigenvalue weighted by molar-refractivity contribution is -0.119. The molecule has 30 heavy (non-hydrogen) atoms. The molecular formula is C22H15N5O3. The summed E-state index contributed by atoms with van der Waals surface area (Å²) in [5, 5.41) is 2.10. The van der Waals surface area contributed by atoms with Gasteiger partial charge in [-0.1, -0.05) is 18.2 Å². The molecule has 0 fully saturated rings. The fourth-order valence-electron chi connectivity index (χ4n) is 2.71. The lowest BCUT2D eigenvalue weighted by atomic mass is 10.2. The molecule has 1 aromatic heterocycles. The Kier molecular flexibility index (Phi) is 5.56. The number of hydrogen-bond acceptors (Lipinski definition) is 6. The predicted molar refractivity (Wildman–Crippen MR) is 113 cm³/mol. The zero-order valence-electron chi connectivity index (χ0n) is 15.7. The largest absolute Gasteiger partial charge is 0.484 e. The number of aliphatic imine (C=N–C) groups is 2. The number of allylic oxidation sites excluding steroid dienone is 1. The summed E-state index contributed by atoms with van der Waals surface area (Å²) in [5.41, 5.74) is 0.689. The number of nitrogens with zero attached hydrogens (tertiary/aromatic N) is 5. The maximum Gasteiger partial charge on any atom is 0.283 e. The van der Waals surface area contributed by atoms with Crippen molar-refractivity contribution in [2.45, 2.75) is 0 Å². The number of amides is 2. The zero-order valence-corrected chi connectivity index (χ0v) is 15.7. The fraction of sp³-hybridized carbons (Fsp3) is 0.0455. The normalized spacial score (nSPS) is 16.6. The number of aromatic nitrogens is 2. The van der Waals surface area contributed by atoms with E-state index in [1.807, 2.05) is 24.3 Å². The molecule has 2 amide bonds. The summed E-state index contributed by atoms with van der Waals surface area (Å²) in [4.78, 5) is 44.4. The quantitative estimate of drug-likeness (QED) is 0.572. The summed E-state index contributed by atoms with van der Waals surface area (Å²) in [5.74, 6) is -0.0541. The van der Waals surface area contributed by atoms with E-state index in [1.165, 1.54) is 30.9 Å². The van der Waals surface area contributed by atoms with Crippen LogP contribution in [0.3, 0.4) is 0 Å². The predicted octanol–water partition coefficient (Wildman–Crippen LogP) is 1.50. The van der Waals surface area contributed by atoms with Crippen molar-refractivity contribution in [3.63, 3.8) is 0 Å². The molecule has 0 N–H and O–H groups in total. The second-order valence-electron chi connectivity index (χ2n) is 6.15. The van der Waals surface area contributed by atoms with Crippen molar-refractivity contribution in [3.8, 4) is 5.75 Å². The van der Waals surface area contributed by atoms with Gasteiger partial charge in [0.25, 0.3) is 11.8 Å². The Morgan fingerprint density at radius 1 is 0.933 bits per heavy atom. The molecule has 3 aromatic rings. The summed E-state index contributed by atoms with van der Waals surface area (Å²) < 4.78 is 5.53. The second-order valence-corrected chi connectivity index (χ2v) is 6.15. The van der Waals surface area contributed by atoms with Gasteiger partial charge < -0.3 is 4.74 Å². The van der Waals surface area contributed by atoms with Gasteiger partial charge in [0.1, 0.15) is 12.1 Å². The maximum absolute atomic E-state index is 11.8. The zero-order chi connectivity index (χ0) is 20.8. The summed E-state index contributed by atoms with van der Waals surface area (Å²) in [7, 11) is 0. The van der Waals surface area contributed by atoms with Crippen LogP contribution < -0.4 is 15.3 Å². The Morgan fingerprint density at radius 3 is 2.77 bits per heavy atom. The summed E-state index contributed by atoms with van der Waals surface area (Å²) >= 11 is 0. The molecule has 2 bridgehead atoms. The van der Waals surface area contributed by atoms with Gasteiger partial charge in [-0.05, 0) is 36.4 Å². The molecule has 2 aromatic carbocycles. The van der Waals surface area contributed by atoms with Gasteiger partial charge in [-0.25, -0.2) is 24.9 Å². The van der Waals surface area contributed by atoms with Crippen molar-refractivity contribution in [1.29, 1.82) is 0 Å². The van der Waals surface area contributed by atoms with Crippen LogP contribution in [0, 0.1) is 0 Å². The third-order valence-electron chi connectivity index (χ3n) is 4.11. The van der Waals surface area contributed by atoms with Gasteiger partial charge in [0.2, 0.25) is 0 Å². The Labute approximate surface area is 170 Å². The van der Waals surface area contributed by atoms with Gasteiger partial charge in [-0.15, -0.1) is 0 Å². The van der Waals surface area contributed by atoms with Gasteiger partial charge in [-0.3, -0.25) is 9.59 Å². The molecule has 4 rings (SSSR count). The molecule has 8 nitrogen and oxygen atoms in total. The summed E-state index contributed by atoms with van der Waals surface area (Å²) in [6, 6.07) is 12.6. The SMILES string of the molecule is O=C1/C=C\C=NC(=O)COc2ccc3ncnc(c3c2)N=c2cccc/c2=C/C=N1. The molecule has 146 valence electrons. The van der Waals surface area contributed by atoms with E-state index in [9.17, 15) is 9.59 Å². The molecule has 0 saturated heterocycles. The first-order valence-corrected chi connectivity index (χ1v) is 9.02. The minimum Gasteiger partial charge on any atom is -0.484 e. The molecule has 1 aliphatic heterocycles. The highest BCUT2D eigenvalue weighted by atomic mass is 16.5. The molecular weight excluding hydrogens is 382 g/mol. The number of carbonyl (C=O) groups excluding carboxylic acids is 2. The lowest BCUT2D eigenvalue weighted by Crippen LogP contribution is -2.24. The van der Waals surface area contributed by atoms with Crippen molar-refractivity contribution in [2.24, 2.45) is 15.0 Å². The smallest absolute Gasteiger partial charge is 0.283 e. The summed E-state index contributed by atoms with van der Waals surface area (Å²) in [6.45, 7) is -0.250. The fourth-order valence-corrected chi connectivity index (χ4v) is 2.71. The molecule has 0 spiro atoms. The molecule has 0 unspecified atom stereocenters. The van der Waals surface area contributed by atoms with Crippen LogP contribution in [-0.4, -0.2) is 40.8 Å². The van der Waals surface area contributed by atoms with Crippen LogP contribution in [0.1, 0.15) is 0 Å². The highest BCUT2D eigenvalue weighted by Crippen LogP contribution is 2.25. The topological polar surface area (TPSA) is 106 Å². The second kappa shape index (κ2) is 8.78. The van der Waals surface area contributed by atoms with Gasteiger partial charge in [0, 0.05) is 29.1 Å². The number of para-hydroxylation sites is 1.